The fourth-order valence-corrected chi connectivity index (χ4v) is 2.43. The molecule has 0 aliphatic heterocycles. The first-order valence-corrected chi connectivity index (χ1v) is 6.97. The first kappa shape index (κ1) is 13.1. The highest BCUT2D eigenvalue weighted by atomic mass is 32.1. The molecule has 1 aromatic carbocycles. The normalized spacial score (nSPS) is 12.4. The van der Waals surface area contributed by atoms with Crippen LogP contribution in [0.2, 0.25) is 0 Å². The Morgan fingerprint density at radius 2 is 2.17 bits per heavy atom. The van der Waals surface area contributed by atoms with Gasteiger partial charge in [0.2, 0.25) is 0 Å². The average Bonchev–Trinajstić information content (AvgIpc) is 2.81. The molecule has 0 aliphatic carbocycles. The summed E-state index contributed by atoms with van der Waals surface area (Å²) in [5, 5.41) is 3.02. The minimum absolute atomic E-state index is 0.0271. The number of nitrogens with two attached hydrogens (primary N) is 1. The third-order valence-corrected chi connectivity index (χ3v) is 3.72. The number of ether oxygens (including phenoxy) is 1. The molecule has 1 unspecified atom stereocenters. The molecule has 0 aliphatic rings. The number of hydrogen-bond donors (Lipinski definition) is 1. The summed E-state index contributed by atoms with van der Waals surface area (Å²) in [5.41, 5.74) is 8.18. The summed E-state index contributed by atoms with van der Waals surface area (Å²) in [6.45, 7) is 4.57. The van der Waals surface area contributed by atoms with Gasteiger partial charge in [-0.25, -0.2) is 4.98 Å². The van der Waals surface area contributed by atoms with Gasteiger partial charge < -0.3 is 10.5 Å². The van der Waals surface area contributed by atoms with Crippen LogP contribution >= 0.6 is 11.3 Å². The third-order valence-electron chi connectivity index (χ3n) is 2.78. The number of benzene rings is 1. The van der Waals surface area contributed by atoms with Gasteiger partial charge in [-0.1, -0.05) is 25.1 Å². The molecule has 0 bridgehead atoms. The second-order valence-electron chi connectivity index (χ2n) is 4.22. The fraction of sp³-hybridized carbons (Fsp3) is 0.357. The monoisotopic (exact) mass is 262 g/mol. The predicted octanol–water partition coefficient (Wildman–Crippen LogP) is 3.44. The number of aromatic nitrogens is 1. The summed E-state index contributed by atoms with van der Waals surface area (Å²) in [6, 6.07) is 7.97. The van der Waals surface area contributed by atoms with E-state index in [9.17, 15) is 0 Å². The largest absolute Gasteiger partial charge is 0.486 e. The summed E-state index contributed by atoms with van der Waals surface area (Å²) >= 11 is 1.62. The van der Waals surface area contributed by atoms with E-state index in [4.69, 9.17) is 10.5 Å². The zero-order chi connectivity index (χ0) is 13.0. The van der Waals surface area contributed by atoms with Crippen molar-refractivity contribution in [2.45, 2.75) is 32.9 Å². The van der Waals surface area contributed by atoms with Crippen LogP contribution < -0.4 is 10.5 Å². The SMILES string of the molecule is CCC(N)c1ccccc1OCc1nc(C)cs1. The Labute approximate surface area is 112 Å². The third kappa shape index (κ3) is 3.09. The lowest BCUT2D eigenvalue weighted by atomic mass is 10.0. The average molecular weight is 262 g/mol. The number of rotatable bonds is 5. The molecule has 1 heterocycles. The van der Waals surface area contributed by atoms with Crippen molar-refractivity contribution in [1.82, 2.24) is 4.98 Å². The zero-order valence-electron chi connectivity index (χ0n) is 10.7. The van der Waals surface area contributed by atoms with Crippen molar-refractivity contribution in [2.75, 3.05) is 0 Å². The lowest BCUT2D eigenvalue weighted by Gasteiger charge is -2.14. The Morgan fingerprint density at radius 3 is 2.83 bits per heavy atom. The number of para-hydroxylation sites is 1. The molecule has 0 amide bonds. The van der Waals surface area contributed by atoms with Gasteiger partial charge in [0.25, 0.3) is 0 Å². The molecule has 96 valence electrons. The summed E-state index contributed by atoms with van der Waals surface area (Å²) in [4.78, 5) is 4.38. The quantitative estimate of drug-likeness (QED) is 0.898. The van der Waals surface area contributed by atoms with Crippen molar-refractivity contribution >= 4 is 11.3 Å². The Balaban J connectivity index is 2.09. The topological polar surface area (TPSA) is 48.1 Å². The van der Waals surface area contributed by atoms with Crippen LogP contribution in [-0.2, 0) is 6.61 Å². The van der Waals surface area contributed by atoms with Crippen LogP contribution in [0.4, 0.5) is 0 Å². The highest BCUT2D eigenvalue weighted by molar-refractivity contribution is 7.09. The van der Waals surface area contributed by atoms with E-state index in [-0.39, 0.29) is 6.04 Å². The van der Waals surface area contributed by atoms with E-state index >= 15 is 0 Å². The van der Waals surface area contributed by atoms with E-state index in [1.165, 1.54) is 0 Å². The molecule has 0 saturated carbocycles. The summed E-state index contributed by atoms with van der Waals surface area (Å²) in [6.07, 6.45) is 0.900. The van der Waals surface area contributed by atoms with Crippen molar-refractivity contribution in [3.63, 3.8) is 0 Å². The first-order chi connectivity index (χ1) is 8.70. The Bertz CT molecular complexity index is 510. The maximum absolute atomic E-state index is 6.08. The van der Waals surface area contributed by atoms with Crippen LogP contribution in [0.1, 0.15) is 35.7 Å². The van der Waals surface area contributed by atoms with Gasteiger partial charge in [0, 0.05) is 22.7 Å². The molecule has 0 radical (unpaired) electrons. The second-order valence-corrected chi connectivity index (χ2v) is 5.17. The van der Waals surface area contributed by atoms with Gasteiger partial charge in [-0.05, 0) is 19.4 Å². The molecular formula is C14H18N2OS. The van der Waals surface area contributed by atoms with E-state index in [0.29, 0.717) is 6.61 Å². The van der Waals surface area contributed by atoms with Crippen molar-refractivity contribution in [3.05, 3.63) is 45.9 Å². The summed E-state index contributed by atoms with van der Waals surface area (Å²) in [7, 11) is 0. The maximum Gasteiger partial charge on any atom is 0.140 e. The molecule has 0 saturated heterocycles. The molecule has 0 spiro atoms. The van der Waals surface area contributed by atoms with Crippen LogP contribution in [0, 0.1) is 6.92 Å². The van der Waals surface area contributed by atoms with Gasteiger partial charge in [0.1, 0.15) is 17.4 Å². The lowest BCUT2D eigenvalue weighted by molar-refractivity contribution is 0.300. The molecule has 3 nitrogen and oxygen atoms in total. The van der Waals surface area contributed by atoms with Gasteiger partial charge in [-0.15, -0.1) is 11.3 Å². The van der Waals surface area contributed by atoms with Crippen LogP contribution in [-0.4, -0.2) is 4.98 Å². The molecular weight excluding hydrogens is 244 g/mol. The van der Waals surface area contributed by atoms with E-state index in [2.05, 4.69) is 11.9 Å². The molecule has 2 N–H and O–H groups in total. The standard InChI is InChI=1S/C14H18N2OS/c1-3-12(15)11-6-4-5-7-13(11)17-8-14-16-10(2)9-18-14/h4-7,9,12H,3,8,15H2,1-2H3. The van der Waals surface area contributed by atoms with Crippen LogP contribution in [0.25, 0.3) is 0 Å². The van der Waals surface area contributed by atoms with Gasteiger partial charge in [0.05, 0.1) is 0 Å². The van der Waals surface area contributed by atoms with Gasteiger partial charge >= 0.3 is 0 Å². The molecule has 0 fully saturated rings. The molecule has 2 rings (SSSR count). The van der Waals surface area contributed by atoms with Gasteiger partial charge in [0.15, 0.2) is 0 Å². The minimum Gasteiger partial charge on any atom is -0.486 e. The molecule has 1 aromatic heterocycles. The fourth-order valence-electron chi connectivity index (χ4n) is 1.75. The number of thiazole rings is 1. The highest BCUT2D eigenvalue weighted by Crippen LogP contribution is 2.26. The molecule has 1 atom stereocenters. The Kier molecular flexibility index (Phi) is 4.33. The van der Waals surface area contributed by atoms with E-state index in [0.717, 1.165) is 28.4 Å². The summed E-state index contributed by atoms with van der Waals surface area (Å²) in [5.74, 6) is 0.861. The zero-order valence-corrected chi connectivity index (χ0v) is 11.5. The number of hydrogen-bond acceptors (Lipinski definition) is 4. The Hall–Kier alpha value is -1.39. The van der Waals surface area contributed by atoms with Gasteiger partial charge in [-0.3, -0.25) is 0 Å². The summed E-state index contributed by atoms with van der Waals surface area (Å²) < 4.78 is 5.83. The van der Waals surface area contributed by atoms with E-state index in [1.54, 1.807) is 11.3 Å². The number of nitrogens with zero attached hydrogens (tertiary/aromatic N) is 1. The lowest BCUT2D eigenvalue weighted by Crippen LogP contribution is -2.10. The van der Waals surface area contributed by atoms with Crippen LogP contribution in [0.5, 0.6) is 5.75 Å². The molecule has 4 heteroatoms. The number of aryl methyl sites for hydroxylation is 1. The minimum atomic E-state index is 0.0271. The maximum atomic E-state index is 6.08. The molecule has 18 heavy (non-hydrogen) atoms. The van der Waals surface area contributed by atoms with Gasteiger partial charge in [-0.2, -0.15) is 0 Å². The van der Waals surface area contributed by atoms with Crippen molar-refractivity contribution in [1.29, 1.82) is 0 Å². The Morgan fingerprint density at radius 1 is 1.39 bits per heavy atom. The van der Waals surface area contributed by atoms with Crippen molar-refractivity contribution < 1.29 is 4.74 Å². The smallest absolute Gasteiger partial charge is 0.140 e. The van der Waals surface area contributed by atoms with Crippen LogP contribution in [0.15, 0.2) is 29.6 Å². The van der Waals surface area contributed by atoms with Crippen LogP contribution in [0.3, 0.4) is 0 Å². The predicted molar refractivity (Wildman–Crippen MR) is 74.8 cm³/mol. The van der Waals surface area contributed by atoms with E-state index in [1.807, 2.05) is 36.6 Å². The highest BCUT2D eigenvalue weighted by Gasteiger charge is 2.10. The second kappa shape index (κ2) is 5.98. The van der Waals surface area contributed by atoms with Crippen molar-refractivity contribution in [3.8, 4) is 5.75 Å². The first-order valence-electron chi connectivity index (χ1n) is 6.09. The van der Waals surface area contributed by atoms with E-state index < -0.39 is 0 Å². The van der Waals surface area contributed by atoms with Crippen molar-refractivity contribution in [2.24, 2.45) is 5.73 Å². The molecule has 2 aromatic rings.